The van der Waals surface area contributed by atoms with Crippen LogP contribution in [0.4, 0.5) is 18.9 Å². The number of hydrogen-bond acceptors (Lipinski definition) is 7. The first kappa shape index (κ1) is 34.5. The van der Waals surface area contributed by atoms with Crippen molar-refractivity contribution in [1.29, 1.82) is 0 Å². The average molecular weight is 706 g/mol. The molecule has 1 fully saturated rings. The van der Waals surface area contributed by atoms with Crippen LogP contribution < -0.4 is 14.2 Å². The van der Waals surface area contributed by atoms with E-state index in [2.05, 4.69) is 14.6 Å². The van der Waals surface area contributed by atoms with Gasteiger partial charge in [-0.25, -0.2) is 13.4 Å². The summed E-state index contributed by atoms with van der Waals surface area (Å²) in [5, 5.41) is 1.96. The highest BCUT2D eigenvalue weighted by molar-refractivity contribution is 7.95. The zero-order valence-electron chi connectivity index (χ0n) is 27.0. The Labute approximate surface area is 287 Å². The molecule has 3 aromatic carbocycles. The minimum atomic E-state index is -4.39. The molecule has 50 heavy (non-hydrogen) atoms. The van der Waals surface area contributed by atoms with E-state index in [9.17, 15) is 26.4 Å². The van der Waals surface area contributed by atoms with Crippen LogP contribution in [-0.4, -0.2) is 72.6 Å². The molecule has 1 aliphatic heterocycles. The third-order valence-corrected chi connectivity index (χ3v) is 9.10. The van der Waals surface area contributed by atoms with Crippen LogP contribution in [0.5, 0.6) is 17.4 Å². The summed E-state index contributed by atoms with van der Waals surface area (Å²) in [4.78, 5) is 21.8. The highest BCUT2D eigenvalue weighted by Gasteiger charge is 2.28. The summed E-state index contributed by atoms with van der Waals surface area (Å²) in [5.74, 6) is 0.839. The number of aromatic nitrogens is 2. The summed E-state index contributed by atoms with van der Waals surface area (Å²) in [7, 11) is -1.92. The van der Waals surface area contributed by atoms with Gasteiger partial charge in [0.1, 0.15) is 17.2 Å². The molecule has 0 unspecified atom stereocenters. The minimum absolute atomic E-state index is 0.0877. The van der Waals surface area contributed by atoms with Gasteiger partial charge in [0.2, 0.25) is 5.88 Å². The molecule has 0 atom stereocenters. The second-order valence-corrected chi connectivity index (χ2v) is 13.3. The molecule has 5 aromatic rings. The zero-order chi connectivity index (χ0) is 35.3. The number of carbonyl (C=O) groups is 1. The maximum absolute atomic E-state index is 13.5. The Balaban J connectivity index is 1.03. The molecule has 1 saturated heterocycles. The fourth-order valence-corrected chi connectivity index (χ4v) is 6.37. The number of nitrogens with zero attached hydrogens (tertiary/aromatic N) is 4. The number of fused-ring (bicyclic) bond motifs is 1. The number of ether oxygens (including phenoxy) is 2. The number of hydrogen-bond donors (Lipinski definition) is 1. The smallest absolute Gasteiger partial charge is 0.422 e. The van der Waals surface area contributed by atoms with Gasteiger partial charge in [0, 0.05) is 57.3 Å². The Kier molecular flexibility index (Phi) is 10.1. The predicted octanol–water partition coefficient (Wildman–Crippen LogP) is 6.68. The molecule has 10 nitrogen and oxygen atoms in total. The van der Waals surface area contributed by atoms with Gasteiger partial charge in [-0.15, -0.1) is 0 Å². The number of anilines is 1. The van der Waals surface area contributed by atoms with Crippen LogP contribution in [0.2, 0.25) is 0 Å². The molecule has 0 bridgehead atoms. The average Bonchev–Trinajstić information content (AvgIpc) is 3.43. The molecule has 6 rings (SSSR count). The van der Waals surface area contributed by atoms with Crippen molar-refractivity contribution < 1.29 is 35.9 Å². The number of sulfonamides is 1. The number of amides is 1. The van der Waals surface area contributed by atoms with Crippen molar-refractivity contribution in [3.05, 3.63) is 119 Å². The fraction of sp³-hybridized carbons (Fsp3) is 0.222. The minimum Gasteiger partial charge on any atom is -0.484 e. The summed E-state index contributed by atoms with van der Waals surface area (Å²) in [6.45, 7) is 1.64. The number of rotatable bonds is 11. The number of nitrogens with one attached hydrogen (secondary N) is 1. The fourth-order valence-electron chi connectivity index (χ4n) is 5.52. The molecule has 2 aromatic heterocycles. The first-order chi connectivity index (χ1) is 23.9. The van der Waals surface area contributed by atoms with E-state index in [0.29, 0.717) is 44.2 Å². The van der Waals surface area contributed by atoms with Crippen molar-refractivity contribution in [3.8, 4) is 17.4 Å². The van der Waals surface area contributed by atoms with Gasteiger partial charge >= 0.3 is 6.18 Å². The first-order valence-corrected chi connectivity index (χ1v) is 17.2. The standard InChI is InChI=1S/C36H34F3N5O5S/c1-42-32-22-31(49-34-14-10-29(23-40-34)41-50(46,47)20-15-26-5-3-2-4-6-26)13-9-28(32)21-33(42)35(45)44-18-16-43(17-19-44)24-27-7-11-30(12-8-27)48-25-36(37,38)39/h2-15,20-23,41H,16-19,24-25H2,1H3. The molecule has 260 valence electrons. The van der Waals surface area contributed by atoms with Crippen molar-refractivity contribution >= 4 is 38.6 Å². The highest BCUT2D eigenvalue weighted by Crippen LogP contribution is 2.28. The van der Waals surface area contributed by atoms with E-state index < -0.39 is 22.8 Å². The molecule has 14 heteroatoms. The van der Waals surface area contributed by atoms with Crippen molar-refractivity contribution in [3.63, 3.8) is 0 Å². The van der Waals surface area contributed by atoms with E-state index >= 15 is 0 Å². The van der Waals surface area contributed by atoms with Crippen LogP contribution >= 0.6 is 0 Å². The number of alkyl halides is 3. The molecule has 0 saturated carbocycles. The van der Waals surface area contributed by atoms with Crippen LogP contribution in [0.15, 0.2) is 103 Å². The summed E-state index contributed by atoms with van der Waals surface area (Å²) >= 11 is 0. The molecule has 1 aliphatic rings. The molecule has 1 amide bonds. The van der Waals surface area contributed by atoms with Crippen molar-refractivity contribution in [2.75, 3.05) is 37.5 Å². The largest absolute Gasteiger partial charge is 0.484 e. The third kappa shape index (κ3) is 9.01. The lowest BCUT2D eigenvalue weighted by atomic mass is 10.2. The van der Waals surface area contributed by atoms with Crippen LogP contribution in [0.3, 0.4) is 0 Å². The van der Waals surface area contributed by atoms with Gasteiger partial charge in [-0.3, -0.25) is 14.4 Å². The zero-order valence-corrected chi connectivity index (χ0v) is 27.8. The lowest BCUT2D eigenvalue weighted by Crippen LogP contribution is -2.48. The van der Waals surface area contributed by atoms with Crippen LogP contribution in [0.25, 0.3) is 17.0 Å². The van der Waals surface area contributed by atoms with Crippen molar-refractivity contribution in [2.45, 2.75) is 12.7 Å². The molecule has 0 spiro atoms. The first-order valence-electron chi connectivity index (χ1n) is 15.7. The quantitative estimate of drug-likeness (QED) is 0.164. The molecule has 3 heterocycles. The van der Waals surface area contributed by atoms with Crippen LogP contribution in [-0.2, 0) is 23.6 Å². The predicted molar refractivity (Wildman–Crippen MR) is 184 cm³/mol. The summed E-state index contributed by atoms with van der Waals surface area (Å²) in [6.07, 6.45) is -1.51. The molecule has 1 N–H and O–H groups in total. The number of benzene rings is 3. The van der Waals surface area contributed by atoms with Crippen molar-refractivity contribution in [2.24, 2.45) is 7.05 Å². The van der Waals surface area contributed by atoms with E-state index in [1.54, 1.807) is 42.5 Å². The number of piperazine rings is 1. The number of halogens is 3. The molecule has 0 aliphatic carbocycles. The summed E-state index contributed by atoms with van der Waals surface area (Å²) in [6, 6.07) is 26.1. The number of carbonyl (C=O) groups excluding carboxylic acids is 1. The second-order valence-electron chi connectivity index (χ2n) is 11.8. The molecular formula is C36H34F3N5O5S. The van der Waals surface area contributed by atoms with Gasteiger partial charge in [0.25, 0.3) is 15.9 Å². The van der Waals surface area contributed by atoms with E-state index in [4.69, 9.17) is 9.47 Å². The van der Waals surface area contributed by atoms with Gasteiger partial charge in [-0.05, 0) is 53.6 Å². The van der Waals surface area contributed by atoms with Crippen molar-refractivity contribution in [1.82, 2.24) is 19.4 Å². The number of aryl methyl sites for hydroxylation is 1. The Morgan fingerprint density at radius 3 is 2.32 bits per heavy atom. The summed E-state index contributed by atoms with van der Waals surface area (Å²) in [5.41, 5.74) is 3.31. The number of pyridine rings is 1. The van der Waals surface area contributed by atoms with Gasteiger partial charge in [0.15, 0.2) is 6.61 Å². The SMILES string of the molecule is Cn1c(C(=O)N2CCN(Cc3ccc(OCC(F)(F)F)cc3)CC2)cc2ccc(Oc3ccc(NS(=O)(=O)C=Cc4ccccc4)cn3)cc21. The summed E-state index contributed by atoms with van der Waals surface area (Å²) < 4.78 is 77.2. The monoisotopic (exact) mass is 705 g/mol. The van der Waals surface area contributed by atoms with Crippen LogP contribution in [0, 0.1) is 0 Å². The topological polar surface area (TPSA) is 106 Å². The highest BCUT2D eigenvalue weighted by atomic mass is 32.2. The lowest BCUT2D eigenvalue weighted by molar-refractivity contribution is -0.153. The van der Waals surface area contributed by atoms with Crippen LogP contribution in [0.1, 0.15) is 21.6 Å². The van der Waals surface area contributed by atoms with E-state index in [1.807, 2.05) is 52.9 Å². The third-order valence-electron chi connectivity index (χ3n) is 8.09. The van der Waals surface area contributed by atoms with E-state index in [0.717, 1.165) is 27.4 Å². The Bertz CT molecular complexity index is 2080. The normalized spacial score (nSPS) is 14.3. The second kappa shape index (κ2) is 14.6. The Hall–Kier alpha value is -5.34. The Morgan fingerprint density at radius 2 is 1.64 bits per heavy atom. The van der Waals surface area contributed by atoms with Gasteiger partial charge < -0.3 is 18.9 Å². The van der Waals surface area contributed by atoms with E-state index in [-0.39, 0.29) is 23.2 Å². The van der Waals surface area contributed by atoms with Gasteiger partial charge in [-0.2, -0.15) is 13.2 Å². The maximum Gasteiger partial charge on any atom is 0.422 e. The van der Waals surface area contributed by atoms with Gasteiger partial charge in [-0.1, -0.05) is 42.5 Å². The van der Waals surface area contributed by atoms with Gasteiger partial charge in [0.05, 0.1) is 22.8 Å². The molecule has 0 radical (unpaired) electrons. The molecular weight excluding hydrogens is 671 g/mol. The Morgan fingerprint density at radius 1 is 0.920 bits per heavy atom. The maximum atomic E-state index is 13.5. The lowest BCUT2D eigenvalue weighted by Gasteiger charge is -2.34. The van der Waals surface area contributed by atoms with E-state index in [1.165, 1.54) is 24.4 Å².